The highest BCUT2D eigenvalue weighted by atomic mass is 35.5. The number of carbonyl (C=O) groups excluding carboxylic acids is 1. The first-order chi connectivity index (χ1) is 13.9. The molecule has 0 aliphatic heterocycles. The fraction of sp³-hybridized carbons (Fsp3) is 0.200. The Morgan fingerprint density at radius 1 is 1.28 bits per heavy atom. The van der Waals surface area contributed by atoms with Crippen molar-refractivity contribution in [2.75, 3.05) is 19.0 Å². The van der Waals surface area contributed by atoms with Gasteiger partial charge in [-0.3, -0.25) is 9.59 Å². The summed E-state index contributed by atoms with van der Waals surface area (Å²) in [5, 5.41) is 27.1. The van der Waals surface area contributed by atoms with Crippen LogP contribution in [0.1, 0.15) is 17.2 Å². The van der Waals surface area contributed by atoms with Crippen LogP contribution in [-0.2, 0) is 11.3 Å². The Bertz CT molecular complexity index is 1100. The number of fused-ring (bicyclic) bond motifs is 1. The molecule has 1 amide bonds. The van der Waals surface area contributed by atoms with E-state index in [0.29, 0.717) is 40.4 Å². The van der Waals surface area contributed by atoms with E-state index in [4.69, 9.17) is 16.3 Å². The van der Waals surface area contributed by atoms with E-state index in [-0.39, 0.29) is 23.4 Å². The summed E-state index contributed by atoms with van der Waals surface area (Å²) in [4.78, 5) is 24.7. The monoisotopic (exact) mass is 417 g/mol. The normalized spacial score (nSPS) is 12.0. The lowest BCUT2D eigenvalue weighted by molar-refractivity contribution is -0.105. The number of aliphatic hydroxyl groups excluding tert-OH is 1. The van der Waals surface area contributed by atoms with Crippen LogP contribution in [0, 0.1) is 0 Å². The Kier molecular flexibility index (Phi) is 6.38. The van der Waals surface area contributed by atoms with E-state index in [1.807, 2.05) is 0 Å². The number of aliphatic hydroxyl groups is 1. The van der Waals surface area contributed by atoms with Gasteiger partial charge in [0.15, 0.2) is 0 Å². The summed E-state index contributed by atoms with van der Waals surface area (Å²) in [6.45, 7) is 0.558. The summed E-state index contributed by atoms with van der Waals surface area (Å²) in [7, 11) is 1.51. The summed E-state index contributed by atoms with van der Waals surface area (Å²) in [5.74, 6) is 0.471. The van der Waals surface area contributed by atoms with Crippen LogP contribution < -0.4 is 20.9 Å². The highest BCUT2D eigenvalue weighted by molar-refractivity contribution is 6.33. The van der Waals surface area contributed by atoms with Crippen molar-refractivity contribution >= 4 is 34.6 Å². The minimum Gasteiger partial charge on any atom is -0.506 e. The number of H-pyrrole nitrogens is 1. The standard InChI is InChI=1S/C20H20ClN3O5/c1-29-18-7-15(23-10-25)14(21)6-11(18)8-22-9-17(27)12-2-4-16(26)20-13(12)3-5-19(28)24-20/h2-7,10,17,22,26-27H,8-9H2,1H3,(H,23,25)(H,24,28). The van der Waals surface area contributed by atoms with E-state index in [0.717, 1.165) is 5.56 Å². The average molecular weight is 418 g/mol. The molecular formula is C20H20ClN3O5. The number of methoxy groups -OCH3 is 1. The fourth-order valence-corrected chi connectivity index (χ4v) is 3.34. The number of aromatic nitrogens is 1. The third-order valence-corrected chi connectivity index (χ3v) is 4.82. The number of aromatic hydroxyl groups is 1. The van der Waals surface area contributed by atoms with E-state index in [9.17, 15) is 19.8 Å². The first-order valence-electron chi connectivity index (χ1n) is 8.75. The molecule has 0 aliphatic rings. The van der Waals surface area contributed by atoms with E-state index in [1.165, 1.54) is 19.2 Å². The van der Waals surface area contributed by atoms with Gasteiger partial charge in [0.25, 0.3) is 0 Å². The number of anilines is 1. The summed E-state index contributed by atoms with van der Waals surface area (Å²) in [6.07, 6.45) is -0.356. The minimum absolute atomic E-state index is 0.0648. The molecule has 0 saturated heterocycles. The van der Waals surface area contributed by atoms with Crippen LogP contribution in [0.4, 0.5) is 5.69 Å². The maximum Gasteiger partial charge on any atom is 0.248 e. The fourth-order valence-electron chi connectivity index (χ4n) is 3.10. The van der Waals surface area contributed by atoms with Gasteiger partial charge in [0, 0.05) is 36.2 Å². The topological polar surface area (TPSA) is 124 Å². The van der Waals surface area contributed by atoms with Gasteiger partial charge in [-0.15, -0.1) is 0 Å². The Morgan fingerprint density at radius 2 is 2.07 bits per heavy atom. The lowest BCUT2D eigenvalue weighted by Crippen LogP contribution is -2.21. The van der Waals surface area contributed by atoms with Crippen molar-refractivity contribution in [2.24, 2.45) is 0 Å². The van der Waals surface area contributed by atoms with Gasteiger partial charge in [0.05, 0.1) is 29.4 Å². The minimum atomic E-state index is -0.888. The van der Waals surface area contributed by atoms with Crippen LogP contribution >= 0.6 is 11.6 Å². The molecule has 1 heterocycles. The molecule has 2 aromatic carbocycles. The molecule has 9 heteroatoms. The Labute approximate surface area is 171 Å². The Hall–Kier alpha value is -3.07. The van der Waals surface area contributed by atoms with Gasteiger partial charge in [-0.2, -0.15) is 0 Å². The first-order valence-corrected chi connectivity index (χ1v) is 9.12. The van der Waals surface area contributed by atoms with Crippen molar-refractivity contribution in [3.05, 3.63) is 62.9 Å². The van der Waals surface area contributed by atoms with Crippen molar-refractivity contribution in [3.8, 4) is 11.5 Å². The molecule has 8 nitrogen and oxygen atoms in total. The van der Waals surface area contributed by atoms with Crippen molar-refractivity contribution in [3.63, 3.8) is 0 Å². The second-order valence-electron chi connectivity index (χ2n) is 6.34. The van der Waals surface area contributed by atoms with Gasteiger partial charge in [-0.1, -0.05) is 17.7 Å². The van der Waals surface area contributed by atoms with E-state index >= 15 is 0 Å². The van der Waals surface area contributed by atoms with Gasteiger partial charge in [0.2, 0.25) is 12.0 Å². The van der Waals surface area contributed by atoms with Crippen molar-refractivity contribution in [1.82, 2.24) is 10.3 Å². The molecule has 0 aliphatic carbocycles. The predicted molar refractivity (Wildman–Crippen MR) is 111 cm³/mol. The van der Waals surface area contributed by atoms with E-state index in [2.05, 4.69) is 15.6 Å². The SMILES string of the molecule is COc1cc(NC=O)c(Cl)cc1CNCC(O)c1ccc(O)c2[nH]c(=O)ccc12. The Morgan fingerprint density at radius 3 is 2.79 bits per heavy atom. The number of nitrogens with one attached hydrogen (secondary N) is 3. The quantitative estimate of drug-likeness (QED) is 0.358. The van der Waals surface area contributed by atoms with Crippen LogP contribution in [0.3, 0.4) is 0 Å². The number of aromatic amines is 1. The number of hydrogen-bond acceptors (Lipinski definition) is 6. The second kappa shape index (κ2) is 8.95. The van der Waals surface area contributed by atoms with Crippen molar-refractivity contribution in [1.29, 1.82) is 0 Å². The molecule has 0 saturated carbocycles. The van der Waals surface area contributed by atoms with Crippen LogP contribution in [-0.4, -0.2) is 35.3 Å². The summed E-state index contributed by atoms with van der Waals surface area (Å²) >= 11 is 6.16. The van der Waals surface area contributed by atoms with Crippen LogP contribution in [0.5, 0.6) is 11.5 Å². The molecule has 29 heavy (non-hydrogen) atoms. The number of halogens is 1. The van der Waals surface area contributed by atoms with Crippen molar-refractivity contribution in [2.45, 2.75) is 12.6 Å². The zero-order chi connectivity index (χ0) is 21.0. The van der Waals surface area contributed by atoms with Gasteiger partial charge in [0.1, 0.15) is 11.5 Å². The number of amides is 1. The third-order valence-electron chi connectivity index (χ3n) is 4.50. The summed E-state index contributed by atoms with van der Waals surface area (Å²) in [6, 6.07) is 9.24. The lowest BCUT2D eigenvalue weighted by atomic mass is 10.0. The number of pyridine rings is 1. The molecule has 3 rings (SSSR count). The Balaban J connectivity index is 1.75. The first kappa shape index (κ1) is 20.7. The second-order valence-corrected chi connectivity index (χ2v) is 6.75. The van der Waals surface area contributed by atoms with Gasteiger partial charge in [-0.05, 0) is 23.8 Å². The molecule has 0 radical (unpaired) electrons. The number of hydrogen-bond donors (Lipinski definition) is 5. The smallest absolute Gasteiger partial charge is 0.248 e. The van der Waals surface area contributed by atoms with E-state index < -0.39 is 6.10 Å². The zero-order valence-corrected chi connectivity index (χ0v) is 16.3. The number of rotatable bonds is 8. The molecule has 1 atom stereocenters. The average Bonchev–Trinajstić information content (AvgIpc) is 2.70. The van der Waals surface area contributed by atoms with Crippen LogP contribution in [0.2, 0.25) is 5.02 Å². The largest absolute Gasteiger partial charge is 0.506 e. The van der Waals surface area contributed by atoms with Gasteiger partial charge in [-0.25, -0.2) is 0 Å². The highest BCUT2D eigenvalue weighted by Crippen LogP contribution is 2.31. The zero-order valence-electron chi connectivity index (χ0n) is 15.5. The van der Waals surface area contributed by atoms with Gasteiger partial charge < -0.3 is 30.6 Å². The summed E-state index contributed by atoms with van der Waals surface area (Å²) in [5.41, 5.74) is 1.69. The maximum absolute atomic E-state index is 11.5. The number of phenolic OH excluding ortho intramolecular Hbond substituents is 1. The highest BCUT2D eigenvalue weighted by Gasteiger charge is 2.15. The van der Waals surface area contributed by atoms with Gasteiger partial charge >= 0.3 is 0 Å². The molecular weight excluding hydrogens is 398 g/mol. The summed E-state index contributed by atoms with van der Waals surface area (Å²) < 4.78 is 5.33. The maximum atomic E-state index is 11.5. The molecule has 5 N–H and O–H groups in total. The predicted octanol–water partition coefficient (Wildman–Crippen LogP) is 2.29. The number of ether oxygens (including phenoxy) is 1. The molecule has 3 aromatic rings. The number of benzene rings is 2. The number of carbonyl (C=O) groups is 1. The van der Waals surface area contributed by atoms with E-state index in [1.54, 1.807) is 24.3 Å². The van der Waals surface area contributed by atoms with Crippen LogP contribution in [0.15, 0.2) is 41.2 Å². The molecule has 152 valence electrons. The third kappa shape index (κ3) is 4.51. The van der Waals surface area contributed by atoms with Crippen LogP contribution in [0.25, 0.3) is 10.9 Å². The molecule has 1 aromatic heterocycles. The molecule has 0 fully saturated rings. The van der Waals surface area contributed by atoms with Crippen molar-refractivity contribution < 1.29 is 19.7 Å². The molecule has 0 spiro atoms. The number of phenols is 1. The molecule has 1 unspecified atom stereocenters. The molecule has 0 bridgehead atoms. The lowest BCUT2D eigenvalue weighted by Gasteiger charge is -2.17.